The zero-order chi connectivity index (χ0) is 15.5. The van der Waals surface area contributed by atoms with E-state index in [1.807, 2.05) is 0 Å². The van der Waals surface area contributed by atoms with E-state index in [4.69, 9.17) is 0 Å². The summed E-state index contributed by atoms with van der Waals surface area (Å²) in [5.74, 6) is -1.87. The summed E-state index contributed by atoms with van der Waals surface area (Å²) in [5.41, 5.74) is 0.580. The number of hydrogen-bond donors (Lipinski definition) is 2. The van der Waals surface area contributed by atoms with E-state index in [0.717, 1.165) is 0 Å². The number of carbonyl (C=O) groups excluding carboxylic acids is 2. The van der Waals surface area contributed by atoms with Crippen LogP contribution in [0.4, 0.5) is 23.7 Å². The zero-order valence-electron chi connectivity index (χ0n) is 11.0. The summed E-state index contributed by atoms with van der Waals surface area (Å²) in [6.45, 7) is -0.158. The normalized spacial score (nSPS) is 18.4. The number of anilines is 1. The van der Waals surface area contributed by atoms with Crippen LogP contribution < -0.4 is 10.6 Å². The maximum absolute atomic E-state index is 12.3. The number of alkyl halides is 3. The molecule has 2 rings (SSSR count). The first-order valence-electron chi connectivity index (χ1n) is 6.35. The number of rotatable bonds is 2. The molecule has 0 aromatic heterocycles. The molecule has 5 nitrogen and oxygen atoms in total. The SMILES string of the molecule is O=C(Nc1ccccc1)N[C@H]1CCN(C(=O)C(F)(F)F)C1. The Labute approximate surface area is 119 Å². The molecular weight excluding hydrogens is 287 g/mol. The van der Waals surface area contributed by atoms with Crippen molar-refractivity contribution in [3.05, 3.63) is 30.3 Å². The molecule has 114 valence electrons. The van der Waals surface area contributed by atoms with E-state index in [9.17, 15) is 22.8 Å². The molecule has 21 heavy (non-hydrogen) atoms. The largest absolute Gasteiger partial charge is 0.471 e. The summed E-state index contributed by atoms with van der Waals surface area (Å²) < 4.78 is 36.9. The van der Waals surface area contributed by atoms with Crippen molar-refractivity contribution in [2.45, 2.75) is 18.6 Å². The second-order valence-corrected chi connectivity index (χ2v) is 4.70. The molecule has 0 aliphatic carbocycles. The molecule has 1 aliphatic heterocycles. The topological polar surface area (TPSA) is 61.4 Å². The van der Waals surface area contributed by atoms with Crippen molar-refractivity contribution in [1.82, 2.24) is 10.2 Å². The molecule has 2 N–H and O–H groups in total. The first-order valence-corrected chi connectivity index (χ1v) is 6.35. The number of likely N-dealkylation sites (tertiary alicyclic amines) is 1. The highest BCUT2D eigenvalue weighted by Crippen LogP contribution is 2.21. The lowest BCUT2D eigenvalue weighted by Gasteiger charge is -2.18. The monoisotopic (exact) mass is 301 g/mol. The molecule has 1 atom stereocenters. The number of para-hydroxylation sites is 1. The van der Waals surface area contributed by atoms with Crippen LogP contribution >= 0.6 is 0 Å². The highest BCUT2D eigenvalue weighted by Gasteiger charge is 2.44. The third kappa shape index (κ3) is 4.11. The van der Waals surface area contributed by atoms with Crippen molar-refractivity contribution >= 4 is 17.6 Å². The highest BCUT2D eigenvalue weighted by atomic mass is 19.4. The third-order valence-electron chi connectivity index (χ3n) is 3.08. The van der Waals surface area contributed by atoms with Crippen LogP contribution in [0.5, 0.6) is 0 Å². The van der Waals surface area contributed by atoms with E-state index in [1.165, 1.54) is 0 Å². The lowest BCUT2D eigenvalue weighted by Crippen LogP contribution is -2.43. The van der Waals surface area contributed by atoms with E-state index < -0.39 is 24.2 Å². The molecule has 1 saturated heterocycles. The fourth-order valence-corrected chi connectivity index (χ4v) is 2.12. The van der Waals surface area contributed by atoms with Crippen molar-refractivity contribution in [2.24, 2.45) is 0 Å². The lowest BCUT2D eigenvalue weighted by molar-refractivity contribution is -0.184. The van der Waals surface area contributed by atoms with E-state index >= 15 is 0 Å². The molecule has 1 aromatic carbocycles. The number of halogens is 3. The quantitative estimate of drug-likeness (QED) is 0.877. The van der Waals surface area contributed by atoms with Gasteiger partial charge < -0.3 is 15.5 Å². The van der Waals surface area contributed by atoms with E-state index in [-0.39, 0.29) is 13.1 Å². The molecule has 1 aromatic rings. The molecule has 0 bridgehead atoms. The van der Waals surface area contributed by atoms with Gasteiger partial charge in [-0.25, -0.2) is 4.79 Å². The number of benzene rings is 1. The number of urea groups is 1. The predicted molar refractivity (Wildman–Crippen MR) is 69.6 cm³/mol. The molecular formula is C13H14F3N3O2. The minimum atomic E-state index is -4.87. The highest BCUT2D eigenvalue weighted by molar-refractivity contribution is 5.89. The van der Waals surface area contributed by atoms with Crippen molar-refractivity contribution in [3.63, 3.8) is 0 Å². The van der Waals surface area contributed by atoms with Gasteiger partial charge in [0.1, 0.15) is 0 Å². The number of amides is 3. The zero-order valence-corrected chi connectivity index (χ0v) is 11.0. The Morgan fingerprint density at radius 3 is 2.48 bits per heavy atom. The number of nitrogens with zero attached hydrogens (tertiary/aromatic N) is 1. The molecule has 3 amide bonds. The molecule has 0 spiro atoms. The van der Waals surface area contributed by atoms with Crippen LogP contribution in [-0.4, -0.2) is 42.1 Å². The first kappa shape index (κ1) is 15.1. The van der Waals surface area contributed by atoms with Crippen LogP contribution in [0.15, 0.2) is 30.3 Å². The number of carbonyl (C=O) groups is 2. The summed E-state index contributed by atoms with van der Waals surface area (Å²) in [6, 6.07) is 7.67. The van der Waals surface area contributed by atoms with Gasteiger partial charge in [0.15, 0.2) is 0 Å². The molecule has 8 heteroatoms. The Balaban J connectivity index is 1.83. The van der Waals surface area contributed by atoms with E-state index in [2.05, 4.69) is 10.6 Å². The van der Waals surface area contributed by atoms with Gasteiger partial charge in [0.25, 0.3) is 0 Å². The minimum Gasteiger partial charge on any atom is -0.333 e. The smallest absolute Gasteiger partial charge is 0.333 e. The summed E-state index contributed by atoms with van der Waals surface area (Å²) in [7, 11) is 0. The van der Waals surface area contributed by atoms with Crippen molar-refractivity contribution in [3.8, 4) is 0 Å². The Hall–Kier alpha value is -2.25. The number of hydrogen-bond acceptors (Lipinski definition) is 2. The minimum absolute atomic E-state index is 0.0192. The lowest BCUT2D eigenvalue weighted by atomic mass is 10.3. The van der Waals surface area contributed by atoms with Gasteiger partial charge in [-0.2, -0.15) is 13.2 Å². The first-order chi connectivity index (χ1) is 9.86. The van der Waals surface area contributed by atoms with E-state index in [0.29, 0.717) is 17.0 Å². The van der Waals surface area contributed by atoms with Crippen molar-refractivity contribution < 1.29 is 22.8 Å². The molecule has 0 saturated carbocycles. The Kier molecular flexibility index (Phi) is 4.35. The standard InChI is InChI=1S/C13H14F3N3O2/c14-13(15,16)11(20)19-7-6-10(8-19)18-12(21)17-9-4-2-1-3-5-9/h1-5,10H,6-8H2,(H2,17,18,21)/t10-/m0/s1. The van der Waals surface area contributed by atoms with Gasteiger partial charge in [-0.1, -0.05) is 18.2 Å². The fourth-order valence-electron chi connectivity index (χ4n) is 2.12. The van der Waals surface area contributed by atoms with Gasteiger partial charge in [-0.05, 0) is 18.6 Å². The molecule has 0 radical (unpaired) electrons. The Morgan fingerprint density at radius 2 is 1.86 bits per heavy atom. The Morgan fingerprint density at radius 1 is 1.19 bits per heavy atom. The van der Waals surface area contributed by atoms with E-state index in [1.54, 1.807) is 30.3 Å². The van der Waals surface area contributed by atoms with Gasteiger partial charge in [-0.3, -0.25) is 4.79 Å². The van der Waals surface area contributed by atoms with Crippen LogP contribution in [0.1, 0.15) is 6.42 Å². The third-order valence-corrected chi connectivity index (χ3v) is 3.08. The second kappa shape index (κ2) is 6.02. The predicted octanol–water partition coefficient (Wildman–Crippen LogP) is 1.97. The van der Waals surface area contributed by atoms with Crippen LogP contribution in [0.3, 0.4) is 0 Å². The van der Waals surface area contributed by atoms with Crippen LogP contribution in [0, 0.1) is 0 Å². The summed E-state index contributed by atoms with van der Waals surface area (Å²) >= 11 is 0. The molecule has 1 heterocycles. The summed E-state index contributed by atoms with van der Waals surface area (Å²) in [4.78, 5) is 23.5. The number of nitrogens with one attached hydrogen (secondary N) is 2. The van der Waals surface area contributed by atoms with Crippen LogP contribution in [0.25, 0.3) is 0 Å². The van der Waals surface area contributed by atoms with Gasteiger partial charge in [-0.15, -0.1) is 0 Å². The average Bonchev–Trinajstić information content (AvgIpc) is 2.86. The average molecular weight is 301 g/mol. The maximum Gasteiger partial charge on any atom is 0.471 e. The van der Waals surface area contributed by atoms with Gasteiger partial charge in [0.2, 0.25) is 0 Å². The van der Waals surface area contributed by atoms with Gasteiger partial charge in [0.05, 0.1) is 0 Å². The van der Waals surface area contributed by atoms with Crippen LogP contribution in [0.2, 0.25) is 0 Å². The van der Waals surface area contributed by atoms with Gasteiger partial charge in [0, 0.05) is 24.8 Å². The molecule has 1 fully saturated rings. The van der Waals surface area contributed by atoms with Gasteiger partial charge >= 0.3 is 18.1 Å². The van der Waals surface area contributed by atoms with Crippen LogP contribution in [-0.2, 0) is 4.79 Å². The second-order valence-electron chi connectivity index (χ2n) is 4.70. The molecule has 0 unspecified atom stereocenters. The van der Waals surface area contributed by atoms with Crippen molar-refractivity contribution in [2.75, 3.05) is 18.4 Å². The molecule has 1 aliphatic rings. The Bertz CT molecular complexity index is 519. The van der Waals surface area contributed by atoms with Crippen molar-refractivity contribution in [1.29, 1.82) is 0 Å². The summed E-state index contributed by atoms with van der Waals surface area (Å²) in [6.07, 6.45) is -4.58. The fraction of sp³-hybridized carbons (Fsp3) is 0.385. The summed E-state index contributed by atoms with van der Waals surface area (Å²) in [5, 5.41) is 5.12. The maximum atomic E-state index is 12.3.